The molecule has 0 aliphatic carbocycles. The maximum Gasteiger partial charge on any atom is -0.0132 e. The lowest BCUT2D eigenvalue weighted by molar-refractivity contribution is 0.545. The van der Waals surface area contributed by atoms with Crippen LogP contribution in [-0.4, -0.2) is 0 Å². The predicted octanol–water partition coefficient (Wildman–Crippen LogP) is 5.43. The zero-order valence-corrected chi connectivity index (χ0v) is 12.4. The van der Waals surface area contributed by atoms with Crippen molar-refractivity contribution in [3.8, 4) is 0 Å². The molecule has 0 N–H and O–H groups in total. The van der Waals surface area contributed by atoms with Crippen LogP contribution in [0.4, 0.5) is 0 Å². The second-order valence-corrected chi connectivity index (χ2v) is 7.02. The van der Waals surface area contributed by atoms with Crippen LogP contribution in [-0.2, 0) is 5.41 Å². The SMILES string of the molecule is C/C(=C\C(C)(C)C)c1ccc(C(C)(C)C)cc1. The molecule has 0 spiro atoms. The summed E-state index contributed by atoms with van der Waals surface area (Å²) in [5.41, 5.74) is 4.56. The number of hydrogen-bond donors (Lipinski definition) is 0. The molecular formula is C17H26. The summed E-state index contributed by atoms with van der Waals surface area (Å²) in [6.07, 6.45) is 2.33. The Hall–Kier alpha value is -1.04. The Kier molecular flexibility index (Phi) is 3.86. The molecule has 94 valence electrons. The van der Waals surface area contributed by atoms with Gasteiger partial charge in [0.05, 0.1) is 0 Å². The van der Waals surface area contributed by atoms with Crippen molar-refractivity contribution in [2.24, 2.45) is 5.41 Å². The third-order valence-electron chi connectivity index (χ3n) is 2.86. The molecule has 0 bridgehead atoms. The van der Waals surface area contributed by atoms with Crippen molar-refractivity contribution < 1.29 is 0 Å². The van der Waals surface area contributed by atoms with Crippen LogP contribution in [0, 0.1) is 5.41 Å². The zero-order chi connectivity index (χ0) is 13.3. The Bertz CT molecular complexity index is 391. The normalized spacial score (nSPS) is 13.9. The van der Waals surface area contributed by atoms with Crippen molar-refractivity contribution in [3.05, 3.63) is 41.5 Å². The molecule has 0 atom stereocenters. The number of hydrogen-bond acceptors (Lipinski definition) is 0. The van der Waals surface area contributed by atoms with Crippen molar-refractivity contribution >= 4 is 5.57 Å². The summed E-state index contributed by atoms with van der Waals surface area (Å²) in [5.74, 6) is 0. The molecule has 0 saturated heterocycles. The highest BCUT2D eigenvalue weighted by Gasteiger charge is 2.13. The summed E-state index contributed by atoms with van der Waals surface area (Å²) < 4.78 is 0. The molecule has 0 aliphatic heterocycles. The topological polar surface area (TPSA) is 0 Å². The third-order valence-corrected chi connectivity index (χ3v) is 2.86. The summed E-state index contributed by atoms with van der Waals surface area (Å²) in [5, 5.41) is 0. The van der Waals surface area contributed by atoms with E-state index >= 15 is 0 Å². The first-order valence-electron chi connectivity index (χ1n) is 6.40. The molecule has 0 nitrogen and oxygen atoms in total. The van der Waals surface area contributed by atoms with E-state index < -0.39 is 0 Å². The minimum absolute atomic E-state index is 0.236. The van der Waals surface area contributed by atoms with E-state index in [1.807, 2.05) is 0 Å². The summed E-state index contributed by atoms with van der Waals surface area (Å²) in [6, 6.07) is 8.96. The summed E-state index contributed by atoms with van der Waals surface area (Å²) in [7, 11) is 0. The van der Waals surface area contributed by atoms with E-state index in [4.69, 9.17) is 0 Å². The Labute approximate surface area is 107 Å². The van der Waals surface area contributed by atoms with E-state index in [1.54, 1.807) is 0 Å². The summed E-state index contributed by atoms with van der Waals surface area (Å²) in [6.45, 7) is 15.6. The van der Waals surface area contributed by atoms with Gasteiger partial charge in [-0.3, -0.25) is 0 Å². The molecule has 1 aromatic carbocycles. The fraction of sp³-hybridized carbons (Fsp3) is 0.529. The number of allylic oxidation sites excluding steroid dienone is 2. The average Bonchev–Trinajstić information content (AvgIpc) is 2.14. The van der Waals surface area contributed by atoms with Crippen LogP contribution >= 0.6 is 0 Å². The minimum Gasteiger partial charge on any atom is -0.0756 e. The Balaban J connectivity index is 3.00. The molecule has 0 heterocycles. The molecule has 1 aromatic rings. The van der Waals surface area contributed by atoms with Crippen molar-refractivity contribution in [1.82, 2.24) is 0 Å². The maximum atomic E-state index is 2.33. The lowest BCUT2D eigenvalue weighted by atomic mass is 9.85. The van der Waals surface area contributed by atoms with Crippen molar-refractivity contribution in [2.45, 2.75) is 53.9 Å². The smallest absolute Gasteiger partial charge is 0.0132 e. The van der Waals surface area contributed by atoms with Crippen LogP contribution in [0.1, 0.15) is 59.6 Å². The number of rotatable bonds is 1. The van der Waals surface area contributed by atoms with E-state index in [-0.39, 0.29) is 10.8 Å². The number of benzene rings is 1. The molecule has 0 radical (unpaired) electrons. The second-order valence-electron chi connectivity index (χ2n) is 7.02. The lowest BCUT2D eigenvalue weighted by Gasteiger charge is -2.20. The maximum absolute atomic E-state index is 2.33. The molecule has 0 aromatic heterocycles. The van der Waals surface area contributed by atoms with Crippen LogP contribution in [0.15, 0.2) is 30.3 Å². The zero-order valence-electron chi connectivity index (χ0n) is 12.4. The molecule has 0 aliphatic rings. The van der Waals surface area contributed by atoms with Crippen LogP contribution in [0.2, 0.25) is 0 Å². The largest absolute Gasteiger partial charge is 0.0756 e. The van der Waals surface area contributed by atoms with Crippen LogP contribution in [0.5, 0.6) is 0 Å². The fourth-order valence-electron chi connectivity index (χ4n) is 1.97. The molecule has 0 unspecified atom stereocenters. The van der Waals surface area contributed by atoms with E-state index in [0.29, 0.717) is 0 Å². The second kappa shape index (κ2) is 4.68. The van der Waals surface area contributed by atoms with Crippen LogP contribution < -0.4 is 0 Å². The predicted molar refractivity (Wildman–Crippen MR) is 78.2 cm³/mol. The minimum atomic E-state index is 0.236. The van der Waals surface area contributed by atoms with Gasteiger partial charge in [-0.1, -0.05) is 71.9 Å². The molecule has 1 rings (SSSR count). The van der Waals surface area contributed by atoms with E-state index in [2.05, 4.69) is 78.8 Å². The van der Waals surface area contributed by atoms with Crippen LogP contribution in [0.3, 0.4) is 0 Å². The van der Waals surface area contributed by atoms with Gasteiger partial charge in [0.1, 0.15) is 0 Å². The lowest BCUT2D eigenvalue weighted by Crippen LogP contribution is -2.10. The van der Waals surface area contributed by atoms with Crippen LogP contribution in [0.25, 0.3) is 5.57 Å². The Morgan fingerprint density at radius 3 is 1.71 bits per heavy atom. The van der Waals surface area contributed by atoms with Crippen molar-refractivity contribution in [1.29, 1.82) is 0 Å². The molecule has 0 saturated carbocycles. The van der Waals surface area contributed by atoms with Gasteiger partial charge in [0.2, 0.25) is 0 Å². The standard InChI is InChI=1S/C17H26/c1-13(12-16(2,3)4)14-8-10-15(11-9-14)17(5,6)7/h8-12H,1-7H3/b13-12+. The van der Waals surface area contributed by atoms with E-state index in [9.17, 15) is 0 Å². The Morgan fingerprint density at radius 1 is 0.882 bits per heavy atom. The third kappa shape index (κ3) is 4.38. The molecule has 0 amide bonds. The van der Waals surface area contributed by atoms with E-state index in [1.165, 1.54) is 16.7 Å². The highest BCUT2D eigenvalue weighted by Crippen LogP contribution is 2.26. The Morgan fingerprint density at radius 2 is 1.35 bits per heavy atom. The van der Waals surface area contributed by atoms with Gasteiger partial charge in [0, 0.05) is 0 Å². The molecule has 0 fully saturated rings. The fourth-order valence-corrected chi connectivity index (χ4v) is 1.97. The van der Waals surface area contributed by atoms with Gasteiger partial charge in [-0.15, -0.1) is 0 Å². The van der Waals surface area contributed by atoms with Crippen molar-refractivity contribution in [2.75, 3.05) is 0 Å². The summed E-state index contributed by atoms with van der Waals surface area (Å²) >= 11 is 0. The van der Waals surface area contributed by atoms with Gasteiger partial charge in [0.15, 0.2) is 0 Å². The van der Waals surface area contributed by atoms with Crippen molar-refractivity contribution in [3.63, 3.8) is 0 Å². The molecule has 0 heteroatoms. The molecule has 17 heavy (non-hydrogen) atoms. The van der Waals surface area contributed by atoms with Gasteiger partial charge in [-0.2, -0.15) is 0 Å². The van der Waals surface area contributed by atoms with Gasteiger partial charge in [-0.25, -0.2) is 0 Å². The van der Waals surface area contributed by atoms with Gasteiger partial charge in [-0.05, 0) is 34.5 Å². The first kappa shape index (κ1) is 14.0. The quantitative estimate of drug-likeness (QED) is 0.603. The van der Waals surface area contributed by atoms with E-state index in [0.717, 1.165) is 0 Å². The van der Waals surface area contributed by atoms with Gasteiger partial charge in [0.25, 0.3) is 0 Å². The highest BCUT2D eigenvalue weighted by atomic mass is 14.2. The first-order chi connectivity index (χ1) is 7.59. The van der Waals surface area contributed by atoms with Gasteiger partial charge >= 0.3 is 0 Å². The monoisotopic (exact) mass is 230 g/mol. The molecular weight excluding hydrogens is 204 g/mol. The first-order valence-corrected chi connectivity index (χ1v) is 6.40. The highest BCUT2D eigenvalue weighted by molar-refractivity contribution is 5.64. The summed E-state index contributed by atoms with van der Waals surface area (Å²) in [4.78, 5) is 0. The average molecular weight is 230 g/mol. The van der Waals surface area contributed by atoms with Gasteiger partial charge < -0.3 is 0 Å².